The molecule has 0 spiro atoms. The fourth-order valence-electron chi connectivity index (χ4n) is 3.55. The number of nitro benzene ring substituents is 1. The van der Waals surface area contributed by atoms with Gasteiger partial charge in [0, 0.05) is 30.8 Å². The molecule has 2 fully saturated rings. The van der Waals surface area contributed by atoms with Crippen LogP contribution in [-0.2, 0) is 0 Å². The van der Waals surface area contributed by atoms with Gasteiger partial charge in [-0.15, -0.1) is 0 Å². The molecule has 6 heteroatoms. The van der Waals surface area contributed by atoms with Gasteiger partial charge in [-0.1, -0.05) is 12.8 Å². The molecule has 2 aliphatic rings. The number of amides is 1. The molecule has 1 saturated heterocycles. The Morgan fingerprint density at radius 1 is 1.13 bits per heavy atom. The second kappa shape index (κ2) is 6.98. The molecule has 1 heterocycles. The van der Waals surface area contributed by atoms with Crippen molar-refractivity contribution in [3.8, 4) is 0 Å². The maximum absolute atomic E-state index is 12.3. The minimum atomic E-state index is -0.379. The maximum atomic E-state index is 12.3. The molecule has 1 N–H and O–H groups in total. The molecule has 0 aromatic heterocycles. The molecule has 1 saturated carbocycles. The van der Waals surface area contributed by atoms with E-state index in [4.69, 9.17) is 0 Å². The Morgan fingerprint density at radius 3 is 2.48 bits per heavy atom. The van der Waals surface area contributed by atoms with E-state index >= 15 is 0 Å². The van der Waals surface area contributed by atoms with E-state index in [1.54, 1.807) is 12.1 Å². The highest BCUT2D eigenvalue weighted by Gasteiger charge is 2.24. The van der Waals surface area contributed by atoms with Crippen LogP contribution >= 0.6 is 0 Å². The molecular weight excluding hydrogens is 294 g/mol. The van der Waals surface area contributed by atoms with E-state index in [0.717, 1.165) is 51.6 Å². The Hall–Kier alpha value is -2.11. The first-order valence-electron chi connectivity index (χ1n) is 8.49. The first-order valence-corrected chi connectivity index (χ1v) is 8.49. The highest BCUT2D eigenvalue weighted by molar-refractivity contribution is 5.96. The van der Waals surface area contributed by atoms with Crippen LogP contribution in [0.4, 0.5) is 11.4 Å². The van der Waals surface area contributed by atoms with Crippen molar-refractivity contribution in [2.75, 3.05) is 18.0 Å². The minimum absolute atomic E-state index is 0.0333. The van der Waals surface area contributed by atoms with Crippen molar-refractivity contribution in [1.82, 2.24) is 5.32 Å². The molecule has 124 valence electrons. The normalized spacial score (nSPS) is 18.9. The fraction of sp³-hybridized carbons (Fsp3) is 0.588. The van der Waals surface area contributed by atoms with Gasteiger partial charge < -0.3 is 10.2 Å². The van der Waals surface area contributed by atoms with Crippen LogP contribution in [0.2, 0.25) is 0 Å². The quantitative estimate of drug-likeness (QED) is 0.683. The van der Waals surface area contributed by atoms with Gasteiger partial charge in [0.1, 0.15) is 5.69 Å². The number of carbonyl (C=O) groups excluding carboxylic acids is 1. The summed E-state index contributed by atoms with van der Waals surface area (Å²) in [6.45, 7) is 1.68. The number of hydrogen-bond donors (Lipinski definition) is 1. The van der Waals surface area contributed by atoms with Crippen molar-refractivity contribution < 1.29 is 9.72 Å². The molecule has 1 aromatic carbocycles. The molecule has 1 aliphatic heterocycles. The Labute approximate surface area is 136 Å². The summed E-state index contributed by atoms with van der Waals surface area (Å²) in [5, 5.41) is 14.4. The van der Waals surface area contributed by atoms with E-state index in [9.17, 15) is 14.9 Å². The van der Waals surface area contributed by atoms with Crippen molar-refractivity contribution >= 4 is 17.3 Å². The van der Waals surface area contributed by atoms with Crippen LogP contribution in [0.25, 0.3) is 0 Å². The zero-order chi connectivity index (χ0) is 16.2. The number of nitrogens with zero attached hydrogens (tertiary/aromatic N) is 2. The van der Waals surface area contributed by atoms with Crippen LogP contribution in [0.5, 0.6) is 0 Å². The van der Waals surface area contributed by atoms with Gasteiger partial charge >= 0.3 is 0 Å². The number of rotatable bonds is 4. The zero-order valence-electron chi connectivity index (χ0n) is 13.3. The smallest absolute Gasteiger partial charge is 0.293 e. The molecule has 6 nitrogen and oxygen atoms in total. The topological polar surface area (TPSA) is 75.5 Å². The predicted octanol–water partition coefficient (Wildman–Crippen LogP) is 3.26. The van der Waals surface area contributed by atoms with Gasteiger partial charge in [0.2, 0.25) is 0 Å². The number of benzene rings is 1. The van der Waals surface area contributed by atoms with Crippen LogP contribution in [0.15, 0.2) is 18.2 Å². The van der Waals surface area contributed by atoms with Crippen molar-refractivity contribution in [2.24, 2.45) is 0 Å². The lowest BCUT2D eigenvalue weighted by Gasteiger charge is -2.28. The number of anilines is 1. The summed E-state index contributed by atoms with van der Waals surface area (Å²) in [5.74, 6) is -0.204. The maximum Gasteiger partial charge on any atom is 0.293 e. The first kappa shape index (κ1) is 15.8. The van der Waals surface area contributed by atoms with Crippen molar-refractivity contribution in [2.45, 2.75) is 51.0 Å². The van der Waals surface area contributed by atoms with Crippen LogP contribution in [0.1, 0.15) is 55.3 Å². The zero-order valence-corrected chi connectivity index (χ0v) is 13.3. The molecule has 0 radical (unpaired) electrons. The van der Waals surface area contributed by atoms with E-state index in [1.165, 1.54) is 12.5 Å². The van der Waals surface area contributed by atoms with Gasteiger partial charge in [-0.3, -0.25) is 14.9 Å². The summed E-state index contributed by atoms with van der Waals surface area (Å²) >= 11 is 0. The number of piperidine rings is 1. The molecule has 1 aromatic rings. The van der Waals surface area contributed by atoms with Gasteiger partial charge in [-0.2, -0.15) is 0 Å². The minimum Gasteiger partial charge on any atom is -0.366 e. The largest absolute Gasteiger partial charge is 0.366 e. The lowest BCUT2D eigenvalue weighted by atomic mass is 10.1. The van der Waals surface area contributed by atoms with Crippen molar-refractivity contribution in [3.05, 3.63) is 33.9 Å². The van der Waals surface area contributed by atoms with Crippen LogP contribution in [0.3, 0.4) is 0 Å². The number of hydrogen-bond acceptors (Lipinski definition) is 4. The molecule has 1 amide bonds. The lowest BCUT2D eigenvalue weighted by molar-refractivity contribution is -0.384. The molecule has 23 heavy (non-hydrogen) atoms. The SMILES string of the molecule is O=C(NC1CCCC1)c1ccc(N2CCCCC2)c([N+](=O)[O-])c1. The van der Waals surface area contributed by atoms with Crippen LogP contribution < -0.4 is 10.2 Å². The van der Waals surface area contributed by atoms with Gasteiger partial charge in [0.25, 0.3) is 11.6 Å². The van der Waals surface area contributed by atoms with E-state index in [0.29, 0.717) is 11.3 Å². The van der Waals surface area contributed by atoms with E-state index in [1.807, 2.05) is 0 Å². The second-order valence-corrected chi connectivity index (χ2v) is 6.46. The third-order valence-electron chi connectivity index (χ3n) is 4.82. The second-order valence-electron chi connectivity index (χ2n) is 6.46. The van der Waals surface area contributed by atoms with Crippen molar-refractivity contribution in [1.29, 1.82) is 0 Å². The Kier molecular flexibility index (Phi) is 4.79. The summed E-state index contributed by atoms with van der Waals surface area (Å²) in [6.07, 6.45) is 7.56. The summed E-state index contributed by atoms with van der Waals surface area (Å²) in [4.78, 5) is 25.4. The standard InChI is InChI=1S/C17H23N3O3/c21-17(18-14-6-2-3-7-14)13-8-9-15(16(12-13)20(22)23)19-10-4-1-5-11-19/h8-9,12,14H,1-7,10-11H2,(H,18,21). The molecular formula is C17H23N3O3. The van der Waals surface area contributed by atoms with Gasteiger partial charge in [-0.25, -0.2) is 0 Å². The fourth-order valence-corrected chi connectivity index (χ4v) is 3.55. The Bertz CT molecular complexity index is 591. The predicted molar refractivity (Wildman–Crippen MR) is 88.9 cm³/mol. The van der Waals surface area contributed by atoms with Crippen molar-refractivity contribution in [3.63, 3.8) is 0 Å². The third kappa shape index (κ3) is 3.63. The van der Waals surface area contributed by atoms with Gasteiger partial charge in [0.05, 0.1) is 4.92 Å². The van der Waals surface area contributed by atoms with Crippen LogP contribution in [0, 0.1) is 10.1 Å². The highest BCUT2D eigenvalue weighted by atomic mass is 16.6. The lowest BCUT2D eigenvalue weighted by Crippen LogP contribution is -2.33. The Morgan fingerprint density at radius 2 is 1.83 bits per heavy atom. The Balaban J connectivity index is 1.80. The molecule has 3 rings (SSSR count). The average Bonchev–Trinajstić information content (AvgIpc) is 3.08. The summed E-state index contributed by atoms with van der Waals surface area (Å²) in [7, 11) is 0. The number of nitro groups is 1. The highest BCUT2D eigenvalue weighted by Crippen LogP contribution is 2.31. The third-order valence-corrected chi connectivity index (χ3v) is 4.82. The van der Waals surface area contributed by atoms with Gasteiger partial charge in [0.15, 0.2) is 0 Å². The van der Waals surface area contributed by atoms with E-state index in [-0.39, 0.29) is 22.6 Å². The number of nitrogens with one attached hydrogen (secondary N) is 1. The molecule has 1 aliphatic carbocycles. The summed E-state index contributed by atoms with van der Waals surface area (Å²) in [6, 6.07) is 5.07. The van der Waals surface area contributed by atoms with Gasteiger partial charge in [-0.05, 0) is 44.2 Å². The molecule has 0 atom stereocenters. The monoisotopic (exact) mass is 317 g/mol. The first-order chi connectivity index (χ1) is 11.1. The molecule has 0 bridgehead atoms. The van der Waals surface area contributed by atoms with E-state index in [2.05, 4.69) is 10.2 Å². The average molecular weight is 317 g/mol. The van der Waals surface area contributed by atoms with Crippen LogP contribution in [-0.4, -0.2) is 30.0 Å². The summed E-state index contributed by atoms with van der Waals surface area (Å²) in [5.41, 5.74) is 1.04. The molecule has 0 unspecified atom stereocenters. The number of carbonyl (C=O) groups is 1. The summed E-state index contributed by atoms with van der Waals surface area (Å²) < 4.78 is 0. The van der Waals surface area contributed by atoms with E-state index < -0.39 is 0 Å².